The Bertz CT molecular complexity index is 246. The zero-order chi connectivity index (χ0) is 6.85. The van der Waals surface area contributed by atoms with Crippen LogP contribution < -0.4 is 0 Å². The zero-order valence-electron chi connectivity index (χ0n) is 5.66. The molecule has 1 heterocycles. The Kier molecular flexibility index (Phi) is 1.71. The lowest BCUT2D eigenvalue weighted by atomic mass is 10.7. The van der Waals surface area contributed by atoms with Crippen molar-refractivity contribution in [2.45, 2.75) is 13.5 Å². The third-order valence-electron chi connectivity index (χ3n) is 1.36. The summed E-state index contributed by atoms with van der Waals surface area (Å²) in [5.74, 6) is 0. The molecule has 2 nitrogen and oxygen atoms in total. The fourth-order valence-corrected chi connectivity index (χ4v) is 1.00. The third kappa shape index (κ3) is 1.05. The highest BCUT2D eigenvalue weighted by Gasteiger charge is 1.89. The molecule has 0 amide bonds. The van der Waals surface area contributed by atoms with E-state index in [9.17, 15) is 0 Å². The number of aryl methyl sites for hydroxylation is 2. The maximum Gasteiger partial charge on any atom is 0.179 e. The molecule has 0 spiro atoms. The number of hydrogen-bond acceptors (Lipinski definition) is 1. The SMILES string of the molecule is CCn1ccn(C)c1=S. The van der Waals surface area contributed by atoms with Gasteiger partial charge in [-0.25, -0.2) is 0 Å². The maximum absolute atomic E-state index is 5.05. The molecule has 50 valence electrons. The van der Waals surface area contributed by atoms with Crippen molar-refractivity contribution in [2.75, 3.05) is 0 Å². The summed E-state index contributed by atoms with van der Waals surface area (Å²) in [5, 5.41) is 0. The standard InChI is InChI=1S/C6H10N2S/c1-3-8-5-4-7(2)6(8)9/h4-5H,3H2,1-2H3. The lowest BCUT2D eigenvalue weighted by molar-refractivity contribution is 0.721. The molecule has 0 aliphatic heterocycles. The van der Waals surface area contributed by atoms with Crippen molar-refractivity contribution in [3.8, 4) is 0 Å². The number of imidazole rings is 1. The predicted octanol–water partition coefficient (Wildman–Crippen LogP) is 1.58. The Morgan fingerprint density at radius 1 is 1.56 bits per heavy atom. The van der Waals surface area contributed by atoms with E-state index in [1.54, 1.807) is 0 Å². The van der Waals surface area contributed by atoms with Crippen LogP contribution >= 0.6 is 12.2 Å². The minimum Gasteiger partial charge on any atom is -0.327 e. The van der Waals surface area contributed by atoms with Crippen LogP contribution in [0.2, 0.25) is 0 Å². The molecule has 0 aliphatic rings. The molecule has 0 unspecified atom stereocenters. The summed E-state index contributed by atoms with van der Waals surface area (Å²) in [6.07, 6.45) is 3.95. The molecular formula is C6H10N2S. The first-order valence-corrected chi connectivity index (χ1v) is 3.38. The van der Waals surface area contributed by atoms with E-state index in [-0.39, 0.29) is 0 Å². The molecule has 0 aliphatic carbocycles. The topological polar surface area (TPSA) is 9.86 Å². The molecule has 0 saturated heterocycles. The van der Waals surface area contributed by atoms with Crippen LogP contribution in [0.4, 0.5) is 0 Å². The molecule has 9 heavy (non-hydrogen) atoms. The van der Waals surface area contributed by atoms with Crippen LogP contribution in [-0.2, 0) is 13.6 Å². The van der Waals surface area contributed by atoms with Gasteiger partial charge in [0, 0.05) is 26.0 Å². The molecule has 0 fully saturated rings. The van der Waals surface area contributed by atoms with Crippen molar-refractivity contribution in [1.82, 2.24) is 9.13 Å². The molecule has 3 heteroatoms. The van der Waals surface area contributed by atoms with E-state index < -0.39 is 0 Å². The van der Waals surface area contributed by atoms with Crippen molar-refractivity contribution < 1.29 is 0 Å². The zero-order valence-corrected chi connectivity index (χ0v) is 6.48. The molecular weight excluding hydrogens is 132 g/mol. The van der Waals surface area contributed by atoms with Crippen LogP contribution in [0.5, 0.6) is 0 Å². The number of hydrogen-bond donors (Lipinski definition) is 0. The van der Waals surface area contributed by atoms with Gasteiger partial charge in [-0.1, -0.05) is 0 Å². The first-order valence-electron chi connectivity index (χ1n) is 2.97. The lowest BCUT2D eigenvalue weighted by Crippen LogP contribution is -1.93. The van der Waals surface area contributed by atoms with Gasteiger partial charge in [-0.05, 0) is 19.1 Å². The van der Waals surface area contributed by atoms with E-state index in [2.05, 4.69) is 6.92 Å². The fourth-order valence-electron chi connectivity index (χ4n) is 0.751. The Morgan fingerprint density at radius 3 is 2.44 bits per heavy atom. The van der Waals surface area contributed by atoms with Gasteiger partial charge in [0.25, 0.3) is 0 Å². The van der Waals surface area contributed by atoms with Gasteiger partial charge in [0.15, 0.2) is 4.77 Å². The fraction of sp³-hybridized carbons (Fsp3) is 0.500. The van der Waals surface area contributed by atoms with Gasteiger partial charge in [-0.2, -0.15) is 0 Å². The second-order valence-corrected chi connectivity index (χ2v) is 2.34. The van der Waals surface area contributed by atoms with Gasteiger partial charge < -0.3 is 9.13 Å². The Morgan fingerprint density at radius 2 is 2.22 bits per heavy atom. The van der Waals surface area contributed by atoms with Gasteiger partial charge >= 0.3 is 0 Å². The van der Waals surface area contributed by atoms with E-state index in [1.807, 2.05) is 28.6 Å². The van der Waals surface area contributed by atoms with Gasteiger partial charge in [0.05, 0.1) is 0 Å². The molecule has 0 atom stereocenters. The summed E-state index contributed by atoms with van der Waals surface area (Å²) >= 11 is 5.05. The highest BCUT2D eigenvalue weighted by atomic mass is 32.1. The van der Waals surface area contributed by atoms with E-state index in [4.69, 9.17) is 12.2 Å². The summed E-state index contributed by atoms with van der Waals surface area (Å²) in [6.45, 7) is 3.04. The summed E-state index contributed by atoms with van der Waals surface area (Å²) in [6, 6.07) is 0. The summed E-state index contributed by atoms with van der Waals surface area (Å²) < 4.78 is 4.84. The van der Waals surface area contributed by atoms with Crippen molar-refractivity contribution >= 4 is 12.2 Å². The summed E-state index contributed by atoms with van der Waals surface area (Å²) in [7, 11) is 1.95. The van der Waals surface area contributed by atoms with Gasteiger partial charge in [-0.3, -0.25) is 0 Å². The first-order chi connectivity index (χ1) is 4.25. The average molecular weight is 142 g/mol. The predicted molar refractivity (Wildman–Crippen MR) is 39.9 cm³/mol. The highest BCUT2D eigenvalue weighted by molar-refractivity contribution is 7.71. The summed E-state index contributed by atoms with van der Waals surface area (Å²) in [5.41, 5.74) is 0. The van der Waals surface area contributed by atoms with Crippen molar-refractivity contribution in [3.63, 3.8) is 0 Å². The Hall–Kier alpha value is -0.570. The normalized spacial score (nSPS) is 10.0. The maximum atomic E-state index is 5.05. The molecule has 0 N–H and O–H groups in total. The van der Waals surface area contributed by atoms with E-state index >= 15 is 0 Å². The second kappa shape index (κ2) is 2.35. The average Bonchev–Trinajstić information content (AvgIpc) is 2.15. The molecule has 1 rings (SSSR count). The van der Waals surface area contributed by atoms with E-state index in [1.165, 1.54) is 0 Å². The van der Waals surface area contributed by atoms with Crippen LogP contribution in [-0.4, -0.2) is 9.13 Å². The van der Waals surface area contributed by atoms with Crippen LogP contribution in [0, 0.1) is 4.77 Å². The first kappa shape index (κ1) is 6.55. The van der Waals surface area contributed by atoms with Crippen LogP contribution in [0.1, 0.15) is 6.92 Å². The van der Waals surface area contributed by atoms with Gasteiger partial charge in [0.2, 0.25) is 0 Å². The molecule has 0 bridgehead atoms. The van der Waals surface area contributed by atoms with Crippen LogP contribution in [0.25, 0.3) is 0 Å². The van der Waals surface area contributed by atoms with Crippen molar-refractivity contribution in [2.24, 2.45) is 7.05 Å². The second-order valence-electron chi connectivity index (χ2n) is 1.98. The Balaban J connectivity index is 3.20. The van der Waals surface area contributed by atoms with E-state index in [0.717, 1.165) is 11.3 Å². The van der Waals surface area contributed by atoms with Crippen LogP contribution in [0.15, 0.2) is 12.4 Å². The monoisotopic (exact) mass is 142 g/mol. The van der Waals surface area contributed by atoms with Crippen molar-refractivity contribution in [1.29, 1.82) is 0 Å². The highest BCUT2D eigenvalue weighted by Crippen LogP contribution is 1.92. The lowest BCUT2D eigenvalue weighted by Gasteiger charge is -1.92. The van der Waals surface area contributed by atoms with E-state index in [0.29, 0.717) is 0 Å². The quantitative estimate of drug-likeness (QED) is 0.541. The molecule has 1 aromatic rings. The molecule has 1 aromatic heterocycles. The van der Waals surface area contributed by atoms with Crippen molar-refractivity contribution in [3.05, 3.63) is 17.2 Å². The molecule has 0 aromatic carbocycles. The largest absolute Gasteiger partial charge is 0.327 e. The molecule has 0 saturated carbocycles. The number of rotatable bonds is 1. The van der Waals surface area contributed by atoms with Crippen LogP contribution in [0.3, 0.4) is 0 Å². The van der Waals surface area contributed by atoms with Gasteiger partial charge in [-0.15, -0.1) is 0 Å². The van der Waals surface area contributed by atoms with Gasteiger partial charge in [0.1, 0.15) is 0 Å². The summed E-state index contributed by atoms with van der Waals surface area (Å²) in [4.78, 5) is 0. The molecule has 0 radical (unpaired) electrons. The Labute approximate surface area is 59.7 Å². The minimum atomic E-state index is 0.887. The number of aromatic nitrogens is 2. The smallest absolute Gasteiger partial charge is 0.179 e. The minimum absolute atomic E-state index is 0.887. The number of nitrogens with zero attached hydrogens (tertiary/aromatic N) is 2. The third-order valence-corrected chi connectivity index (χ3v) is 1.88.